The number of aryl methyl sites for hydroxylation is 1. The maximum absolute atomic E-state index is 11.8. The molecule has 6 heteroatoms. The molecule has 164 valence electrons. The highest BCUT2D eigenvalue weighted by Crippen LogP contribution is 2.43. The van der Waals surface area contributed by atoms with Crippen LogP contribution in [0.4, 0.5) is 5.69 Å². The average molecular weight is 459 g/mol. The molecule has 4 nitrogen and oxygen atoms in total. The first-order chi connectivity index (χ1) is 15.0. The Labute approximate surface area is 194 Å². The number of halogens is 2. The number of rotatable bonds is 4. The SMILES string of the molecule is COC(=O)C1CCN([C@@H]2CCc3cc(C4CN(c5c(Cl)cccc5Cl)C4)ccc32)CC1. The van der Waals surface area contributed by atoms with Crippen LogP contribution in [-0.4, -0.2) is 44.2 Å². The summed E-state index contributed by atoms with van der Waals surface area (Å²) < 4.78 is 4.93. The summed E-state index contributed by atoms with van der Waals surface area (Å²) in [5, 5.41) is 1.44. The first-order valence-electron chi connectivity index (χ1n) is 11.2. The fourth-order valence-corrected chi connectivity index (χ4v) is 6.16. The zero-order valence-electron chi connectivity index (χ0n) is 17.8. The van der Waals surface area contributed by atoms with Crippen LogP contribution in [0, 0.1) is 5.92 Å². The number of esters is 1. The van der Waals surface area contributed by atoms with Crippen molar-refractivity contribution < 1.29 is 9.53 Å². The summed E-state index contributed by atoms with van der Waals surface area (Å²) in [7, 11) is 1.49. The summed E-state index contributed by atoms with van der Waals surface area (Å²) in [4.78, 5) is 16.7. The first-order valence-corrected chi connectivity index (χ1v) is 11.9. The number of carbonyl (C=O) groups is 1. The Bertz CT molecular complexity index is 961. The van der Waals surface area contributed by atoms with Crippen LogP contribution >= 0.6 is 23.2 Å². The van der Waals surface area contributed by atoms with Gasteiger partial charge >= 0.3 is 5.97 Å². The number of nitrogens with zero attached hydrogens (tertiary/aromatic N) is 2. The number of carbonyl (C=O) groups excluding carboxylic acids is 1. The van der Waals surface area contributed by atoms with Gasteiger partial charge in [-0.15, -0.1) is 0 Å². The molecule has 0 bridgehead atoms. The third kappa shape index (κ3) is 3.94. The molecule has 2 heterocycles. The number of anilines is 1. The zero-order valence-corrected chi connectivity index (χ0v) is 19.3. The molecule has 2 aliphatic heterocycles. The van der Waals surface area contributed by atoms with Crippen LogP contribution in [0.15, 0.2) is 36.4 Å². The van der Waals surface area contributed by atoms with Gasteiger partial charge in [0.1, 0.15) is 0 Å². The average Bonchev–Trinajstić information content (AvgIpc) is 3.17. The van der Waals surface area contributed by atoms with Crippen molar-refractivity contribution in [2.24, 2.45) is 5.92 Å². The highest BCUT2D eigenvalue weighted by molar-refractivity contribution is 6.39. The van der Waals surface area contributed by atoms with E-state index in [0.717, 1.165) is 61.2 Å². The molecule has 0 N–H and O–H groups in total. The van der Waals surface area contributed by atoms with Crippen molar-refractivity contribution in [1.29, 1.82) is 0 Å². The largest absolute Gasteiger partial charge is 0.469 e. The smallest absolute Gasteiger partial charge is 0.308 e. The summed E-state index contributed by atoms with van der Waals surface area (Å²) in [6.45, 7) is 3.85. The van der Waals surface area contributed by atoms with Crippen molar-refractivity contribution >= 4 is 34.9 Å². The lowest BCUT2D eigenvalue weighted by Crippen LogP contribution is -2.45. The van der Waals surface area contributed by atoms with Crippen LogP contribution < -0.4 is 4.90 Å². The fourth-order valence-electron chi connectivity index (χ4n) is 5.52. The van der Waals surface area contributed by atoms with E-state index in [9.17, 15) is 4.79 Å². The highest BCUT2D eigenvalue weighted by atomic mass is 35.5. The van der Waals surface area contributed by atoms with Crippen LogP contribution in [0.3, 0.4) is 0 Å². The van der Waals surface area contributed by atoms with Gasteiger partial charge in [0.25, 0.3) is 0 Å². The van der Waals surface area contributed by atoms with E-state index in [1.807, 2.05) is 18.2 Å². The van der Waals surface area contributed by atoms with Crippen LogP contribution in [-0.2, 0) is 16.0 Å². The lowest BCUT2D eigenvalue weighted by atomic mass is 9.88. The van der Waals surface area contributed by atoms with E-state index < -0.39 is 0 Å². The van der Waals surface area contributed by atoms with Gasteiger partial charge < -0.3 is 9.64 Å². The molecule has 0 spiro atoms. The molecule has 0 aromatic heterocycles. The molecule has 1 aliphatic carbocycles. The van der Waals surface area contributed by atoms with Crippen LogP contribution in [0.1, 0.15) is 47.9 Å². The topological polar surface area (TPSA) is 32.8 Å². The predicted molar refractivity (Wildman–Crippen MR) is 125 cm³/mol. The minimum Gasteiger partial charge on any atom is -0.469 e. The number of para-hydroxylation sites is 1. The van der Waals surface area contributed by atoms with Gasteiger partial charge in [-0.3, -0.25) is 9.69 Å². The summed E-state index contributed by atoms with van der Waals surface area (Å²) in [5.74, 6) is 0.536. The number of hydrogen-bond donors (Lipinski definition) is 0. The van der Waals surface area contributed by atoms with E-state index in [1.165, 1.54) is 30.2 Å². The minimum absolute atomic E-state index is 0.0521. The van der Waals surface area contributed by atoms with E-state index in [0.29, 0.717) is 12.0 Å². The fraction of sp³-hybridized carbons (Fsp3) is 0.480. The summed E-state index contributed by atoms with van der Waals surface area (Å²) in [6, 6.07) is 13.3. The number of fused-ring (bicyclic) bond motifs is 1. The number of hydrogen-bond acceptors (Lipinski definition) is 4. The number of methoxy groups -OCH3 is 1. The normalized spacial score (nSPS) is 22.3. The van der Waals surface area contributed by atoms with Gasteiger partial charge in [-0.25, -0.2) is 0 Å². The maximum Gasteiger partial charge on any atom is 0.308 e. The zero-order chi connectivity index (χ0) is 21.5. The van der Waals surface area contributed by atoms with Crippen LogP contribution in [0.5, 0.6) is 0 Å². The molecule has 2 aromatic rings. The predicted octanol–water partition coefficient (Wildman–Crippen LogP) is 5.47. The van der Waals surface area contributed by atoms with E-state index in [1.54, 1.807) is 0 Å². The van der Waals surface area contributed by atoms with Gasteiger partial charge in [0.2, 0.25) is 0 Å². The molecule has 2 fully saturated rings. The third-order valence-corrected chi connectivity index (χ3v) is 7.93. The summed E-state index contributed by atoms with van der Waals surface area (Å²) in [5.41, 5.74) is 5.35. The number of piperidine rings is 1. The molecule has 0 radical (unpaired) electrons. The maximum atomic E-state index is 11.8. The minimum atomic E-state index is -0.0521. The first kappa shape index (κ1) is 21.1. The quantitative estimate of drug-likeness (QED) is 0.568. The Kier molecular flexibility index (Phi) is 5.89. The lowest BCUT2D eigenvalue weighted by molar-refractivity contribution is -0.147. The van der Waals surface area contributed by atoms with Crippen LogP contribution in [0.25, 0.3) is 0 Å². The standard InChI is InChI=1S/C25H28Cl2N2O2/c1-31-25(30)16-9-11-28(12-10-16)23-8-6-18-13-17(5-7-20(18)23)19-14-29(15-19)24-21(26)3-2-4-22(24)27/h2-5,7,13,16,19,23H,6,8-12,14-15H2,1H3/t23-/m1/s1. The Morgan fingerprint density at radius 2 is 1.74 bits per heavy atom. The Balaban J connectivity index is 1.23. The number of likely N-dealkylation sites (tertiary alicyclic amines) is 1. The number of benzene rings is 2. The van der Waals surface area contributed by atoms with E-state index >= 15 is 0 Å². The molecule has 31 heavy (non-hydrogen) atoms. The van der Waals surface area contributed by atoms with E-state index in [-0.39, 0.29) is 11.9 Å². The molecular weight excluding hydrogens is 431 g/mol. The van der Waals surface area contributed by atoms with Crippen molar-refractivity contribution in [2.45, 2.75) is 37.6 Å². The number of ether oxygens (including phenoxy) is 1. The molecule has 0 saturated carbocycles. The van der Waals surface area contributed by atoms with Crippen molar-refractivity contribution in [3.63, 3.8) is 0 Å². The second-order valence-electron chi connectivity index (χ2n) is 9.02. The van der Waals surface area contributed by atoms with E-state index in [2.05, 4.69) is 28.0 Å². The Morgan fingerprint density at radius 3 is 2.42 bits per heavy atom. The Morgan fingerprint density at radius 1 is 1.03 bits per heavy atom. The highest BCUT2D eigenvalue weighted by Gasteiger charge is 2.35. The Hall–Kier alpha value is -1.75. The molecule has 2 aromatic carbocycles. The third-order valence-electron chi connectivity index (χ3n) is 7.32. The van der Waals surface area contributed by atoms with E-state index in [4.69, 9.17) is 27.9 Å². The van der Waals surface area contributed by atoms with Crippen molar-refractivity contribution in [3.05, 3.63) is 63.1 Å². The summed E-state index contributed by atoms with van der Waals surface area (Å²) in [6.07, 6.45) is 4.11. The van der Waals surface area contributed by atoms with Gasteiger partial charge in [-0.2, -0.15) is 0 Å². The van der Waals surface area contributed by atoms with Gasteiger partial charge in [0, 0.05) is 25.0 Å². The summed E-state index contributed by atoms with van der Waals surface area (Å²) >= 11 is 12.8. The lowest BCUT2D eigenvalue weighted by Gasteiger charge is -2.42. The molecule has 0 amide bonds. The molecule has 3 aliphatic rings. The van der Waals surface area contributed by atoms with Crippen molar-refractivity contribution in [2.75, 3.05) is 38.2 Å². The second-order valence-corrected chi connectivity index (χ2v) is 9.83. The molecule has 1 atom stereocenters. The molecule has 2 saturated heterocycles. The molecular formula is C25H28Cl2N2O2. The second kappa shape index (κ2) is 8.65. The molecule has 0 unspecified atom stereocenters. The van der Waals surface area contributed by atoms with Gasteiger partial charge in [-0.05, 0) is 67.6 Å². The van der Waals surface area contributed by atoms with Crippen molar-refractivity contribution in [1.82, 2.24) is 4.90 Å². The monoisotopic (exact) mass is 458 g/mol. The van der Waals surface area contributed by atoms with Gasteiger partial charge in [0.05, 0.1) is 28.8 Å². The van der Waals surface area contributed by atoms with Crippen LogP contribution in [0.2, 0.25) is 10.0 Å². The molecule has 5 rings (SSSR count). The van der Waals surface area contributed by atoms with Crippen molar-refractivity contribution in [3.8, 4) is 0 Å². The van der Waals surface area contributed by atoms with Gasteiger partial charge in [-0.1, -0.05) is 47.5 Å². The van der Waals surface area contributed by atoms with Gasteiger partial charge in [0.15, 0.2) is 0 Å².